The SMILES string of the molecule is O=C(CCCOc1ccc(Cl)cc1)N1CCN(c2nnc(C3CCCCC3)s2)CC1. The van der Waals surface area contributed by atoms with E-state index in [0.717, 1.165) is 37.1 Å². The number of nitrogens with zero attached hydrogens (tertiary/aromatic N) is 4. The van der Waals surface area contributed by atoms with Gasteiger partial charge in [-0.2, -0.15) is 0 Å². The molecule has 1 aliphatic heterocycles. The molecule has 1 aliphatic carbocycles. The van der Waals surface area contributed by atoms with Crippen molar-refractivity contribution in [2.45, 2.75) is 50.9 Å². The Morgan fingerprint density at radius 1 is 1.07 bits per heavy atom. The van der Waals surface area contributed by atoms with E-state index in [1.165, 1.54) is 37.1 Å². The number of hydrogen-bond acceptors (Lipinski definition) is 6. The number of piperazine rings is 1. The molecule has 1 saturated heterocycles. The summed E-state index contributed by atoms with van der Waals surface area (Å²) >= 11 is 7.62. The standard InChI is InChI=1S/C22H29ClN4O2S/c23-18-8-10-19(11-9-18)29-16-4-7-20(28)26-12-14-27(15-13-26)22-25-24-21(30-22)17-5-2-1-3-6-17/h8-11,17H,1-7,12-16H2. The van der Waals surface area contributed by atoms with Crippen molar-refractivity contribution in [2.75, 3.05) is 37.7 Å². The number of benzene rings is 1. The van der Waals surface area contributed by atoms with E-state index in [0.29, 0.717) is 30.4 Å². The van der Waals surface area contributed by atoms with Crippen LogP contribution in [0.4, 0.5) is 5.13 Å². The first kappa shape index (κ1) is 21.4. The van der Waals surface area contributed by atoms with E-state index in [9.17, 15) is 4.79 Å². The van der Waals surface area contributed by atoms with Crippen molar-refractivity contribution in [3.63, 3.8) is 0 Å². The zero-order chi connectivity index (χ0) is 20.8. The van der Waals surface area contributed by atoms with Crippen molar-refractivity contribution in [1.82, 2.24) is 15.1 Å². The maximum atomic E-state index is 12.5. The normalized spacial score (nSPS) is 17.9. The van der Waals surface area contributed by atoms with Crippen molar-refractivity contribution in [1.29, 1.82) is 0 Å². The third-order valence-electron chi connectivity index (χ3n) is 5.90. The Labute approximate surface area is 187 Å². The number of ether oxygens (including phenoxy) is 1. The molecule has 1 aromatic carbocycles. The van der Waals surface area contributed by atoms with E-state index in [2.05, 4.69) is 15.1 Å². The highest BCUT2D eigenvalue weighted by Crippen LogP contribution is 2.36. The largest absolute Gasteiger partial charge is 0.494 e. The fourth-order valence-corrected chi connectivity index (χ4v) is 5.31. The number of amides is 1. The molecule has 0 bridgehead atoms. The van der Waals surface area contributed by atoms with Crippen LogP contribution in [0.1, 0.15) is 55.9 Å². The first-order valence-corrected chi connectivity index (χ1v) is 12.1. The number of hydrogen-bond donors (Lipinski definition) is 0. The predicted octanol–water partition coefficient (Wildman–Crippen LogP) is 4.75. The number of carbonyl (C=O) groups excluding carboxylic acids is 1. The average Bonchev–Trinajstić information content (AvgIpc) is 3.29. The van der Waals surface area contributed by atoms with Gasteiger partial charge < -0.3 is 14.5 Å². The van der Waals surface area contributed by atoms with Gasteiger partial charge in [-0.05, 0) is 43.5 Å². The van der Waals surface area contributed by atoms with Crippen LogP contribution in [0.5, 0.6) is 5.75 Å². The Balaban J connectivity index is 1.17. The number of anilines is 1. The summed E-state index contributed by atoms with van der Waals surface area (Å²) in [7, 11) is 0. The second-order valence-corrected chi connectivity index (χ2v) is 9.46. The first-order valence-electron chi connectivity index (χ1n) is 10.9. The van der Waals surface area contributed by atoms with Crippen LogP contribution < -0.4 is 9.64 Å². The highest BCUT2D eigenvalue weighted by molar-refractivity contribution is 7.15. The van der Waals surface area contributed by atoms with Crippen LogP contribution in [-0.4, -0.2) is 53.8 Å². The molecular weight excluding hydrogens is 420 g/mol. The maximum Gasteiger partial charge on any atom is 0.222 e. The molecule has 0 unspecified atom stereocenters. The van der Waals surface area contributed by atoms with E-state index >= 15 is 0 Å². The van der Waals surface area contributed by atoms with Gasteiger partial charge in [0.25, 0.3) is 0 Å². The second kappa shape index (κ2) is 10.4. The molecule has 2 fully saturated rings. The van der Waals surface area contributed by atoms with Crippen LogP contribution in [0.25, 0.3) is 0 Å². The lowest BCUT2D eigenvalue weighted by atomic mass is 9.90. The van der Waals surface area contributed by atoms with Crippen LogP contribution >= 0.6 is 22.9 Å². The smallest absolute Gasteiger partial charge is 0.222 e. The molecule has 2 aromatic rings. The summed E-state index contributed by atoms with van der Waals surface area (Å²) in [6, 6.07) is 7.29. The lowest BCUT2D eigenvalue weighted by molar-refractivity contribution is -0.131. The van der Waals surface area contributed by atoms with Gasteiger partial charge in [0.15, 0.2) is 0 Å². The fraction of sp³-hybridized carbons (Fsp3) is 0.591. The first-order chi connectivity index (χ1) is 14.7. The lowest BCUT2D eigenvalue weighted by Crippen LogP contribution is -2.48. The van der Waals surface area contributed by atoms with Crippen LogP contribution in [-0.2, 0) is 4.79 Å². The zero-order valence-electron chi connectivity index (χ0n) is 17.3. The molecule has 4 rings (SSSR count). The summed E-state index contributed by atoms with van der Waals surface area (Å²) in [6.07, 6.45) is 7.69. The lowest BCUT2D eigenvalue weighted by Gasteiger charge is -2.34. The second-order valence-electron chi connectivity index (χ2n) is 8.03. The summed E-state index contributed by atoms with van der Waals surface area (Å²) in [4.78, 5) is 16.8. The van der Waals surface area contributed by atoms with E-state index in [-0.39, 0.29) is 5.91 Å². The van der Waals surface area contributed by atoms with E-state index in [1.807, 2.05) is 17.0 Å². The molecule has 30 heavy (non-hydrogen) atoms. The van der Waals surface area contributed by atoms with E-state index in [4.69, 9.17) is 16.3 Å². The van der Waals surface area contributed by atoms with Crippen LogP contribution in [0, 0.1) is 0 Å². The molecule has 1 saturated carbocycles. The van der Waals surface area contributed by atoms with Gasteiger partial charge in [0.1, 0.15) is 10.8 Å². The predicted molar refractivity (Wildman–Crippen MR) is 121 cm³/mol. The van der Waals surface area contributed by atoms with Crippen LogP contribution in [0.15, 0.2) is 24.3 Å². The minimum absolute atomic E-state index is 0.203. The summed E-state index contributed by atoms with van der Waals surface area (Å²) < 4.78 is 5.67. The molecule has 2 aliphatic rings. The Kier molecular flexibility index (Phi) is 7.44. The summed E-state index contributed by atoms with van der Waals surface area (Å²) in [5.41, 5.74) is 0. The Bertz CT molecular complexity index is 815. The van der Waals surface area contributed by atoms with Gasteiger partial charge >= 0.3 is 0 Å². The third kappa shape index (κ3) is 5.64. The van der Waals surface area contributed by atoms with Gasteiger partial charge in [0.2, 0.25) is 11.0 Å². The molecular formula is C22H29ClN4O2S. The monoisotopic (exact) mass is 448 g/mol. The van der Waals surface area contributed by atoms with Crippen LogP contribution in [0.3, 0.4) is 0 Å². The van der Waals surface area contributed by atoms with Gasteiger partial charge in [-0.25, -0.2) is 0 Å². The molecule has 6 nitrogen and oxygen atoms in total. The van der Waals surface area contributed by atoms with Gasteiger partial charge in [-0.3, -0.25) is 4.79 Å². The van der Waals surface area contributed by atoms with Crippen molar-refractivity contribution in [2.24, 2.45) is 0 Å². The molecule has 0 spiro atoms. The number of aromatic nitrogens is 2. The van der Waals surface area contributed by atoms with Gasteiger partial charge in [-0.1, -0.05) is 42.2 Å². The topological polar surface area (TPSA) is 58.6 Å². The Morgan fingerprint density at radius 2 is 1.80 bits per heavy atom. The molecule has 0 atom stereocenters. The average molecular weight is 449 g/mol. The van der Waals surface area contributed by atoms with Crippen molar-refractivity contribution in [3.05, 3.63) is 34.3 Å². The summed E-state index contributed by atoms with van der Waals surface area (Å²) in [5, 5.41) is 11.8. The summed E-state index contributed by atoms with van der Waals surface area (Å²) in [6.45, 7) is 3.67. The van der Waals surface area contributed by atoms with E-state index in [1.54, 1.807) is 23.5 Å². The molecule has 0 N–H and O–H groups in total. The van der Waals surface area contributed by atoms with Crippen molar-refractivity contribution >= 4 is 34.0 Å². The Hall–Kier alpha value is -1.86. The van der Waals surface area contributed by atoms with Gasteiger partial charge in [-0.15, -0.1) is 10.2 Å². The number of carbonyl (C=O) groups is 1. The van der Waals surface area contributed by atoms with Crippen molar-refractivity contribution in [3.8, 4) is 5.75 Å². The summed E-state index contributed by atoms with van der Waals surface area (Å²) in [5.74, 6) is 1.59. The number of halogens is 1. The highest BCUT2D eigenvalue weighted by atomic mass is 35.5. The van der Waals surface area contributed by atoms with Crippen LogP contribution in [0.2, 0.25) is 5.02 Å². The molecule has 2 heterocycles. The minimum Gasteiger partial charge on any atom is -0.494 e. The van der Waals surface area contributed by atoms with Gasteiger partial charge in [0, 0.05) is 43.5 Å². The quantitative estimate of drug-likeness (QED) is 0.572. The molecule has 0 radical (unpaired) electrons. The van der Waals surface area contributed by atoms with E-state index < -0.39 is 0 Å². The van der Waals surface area contributed by atoms with Gasteiger partial charge in [0.05, 0.1) is 6.61 Å². The van der Waals surface area contributed by atoms with Crippen molar-refractivity contribution < 1.29 is 9.53 Å². The molecule has 162 valence electrons. The number of rotatable bonds is 7. The third-order valence-corrected chi connectivity index (χ3v) is 7.30. The molecule has 1 aromatic heterocycles. The highest BCUT2D eigenvalue weighted by Gasteiger charge is 2.25. The zero-order valence-corrected chi connectivity index (χ0v) is 18.8. The maximum absolute atomic E-state index is 12.5. The minimum atomic E-state index is 0.203. The fourth-order valence-electron chi connectivity index (χ4n) is 4.12. The molecule has 1 amide bonds. The Morgan fingerprint density at radius 3 is 2.53 bits per heavy atom. The molecule has 8 heteroatoms.